The van der Waals surface area contributed by atoms with E-state index in [1.54, 1.807) is 9.95 Å². The molecule has 3 rings (SSSR count). The number of carbonyl (C=O) groups excluding carboxylic acids is 2. The number of rotatable bonds is 6. The van der Waals surface area contributed by atoms with Gasteiger partial charge in [0, 0.05) is 16.0 Å². The van der Waals surface area contributed by atoms with Gasteiger partial charge in [0.25, 0.3) is 5.91 Å². The number of nitrogens with zero attached hydrogens (tertiary/aromatic N) is 3. The van der Waals surface area contributed by atoms with Gasteiger partial charge in [0.2, 0.25) is 5.91 Å². The number of nitrogens with one attached hydrogen (secondary N) is 1. The molecule has 0 saturated carbocycles. The van der Waals surface area contributed by atoms with Crippen molar-refractivity contribution < 1.29 is 18.0 Å². The van der Waals surface area contributed by atoms with E-state index in [0.29, 0.717) is 4.80 Å². The van der Waals surface area contributed by atoms with Gasteiger partial charge in [-0.1, -0.05) is 33.2 Å². The number of hydrogen-bond acceptors (Lipinski definition) is 7. The van der Waals surface area contributed by atoms with Crippen molar-refractivity contribution in [1.29, 1.82) is 0 Å². The predicted molar refractivity (Wildman–Crippen MR) is 116 cm³/mol. The van der Waals surface area contributed by atoms with Crippen LogP contribution in [0.25, 0.3) is 10.2 Å². The Morgan fingerprint density at radius 2 is 2.14 bits per heavy atom. The number of amides is 2. The van der Waals surface area contributed by atoms with Crippen molar-refractivity contribution >= 4 is 75.6 Å². The molecule has 29 heavy (non-hydrogen) atoms. The molecule has 8 nitrogen and oxygen atoms in total. The number of benzene rings is 1. The molecule has 0 spiro atoms. The van der Waals surface area contributed by atoms with E-state index < -0.39 is 33.2 Å². The number of sulfone groups is 1. The molecule has 2 aromatic heterocycles. The van der Waals surface area contributed by atoms with Crippen LogP contribution in [0.15, 0.2) is 39.2 Å². The van der Waals surface area contributed by atoms with Gasteiger partial charge in [0.05, 0.1) is 16.8 Å². The number of hydrogen-bond donors (Lipinski definition) is 1. The molecule has 1 aromatic carbocycles. The average molecular weight is 513 g/mol. The zero-order chi connectivity index (χ0) is 21.0. The summed E-state index contributed by atoms with van der Waals surface area (Å²) >= 11 is 5.75. The summed E-state index contributed by atoms with van der Waals surface area (Å²) in [6.07, 6.45) is 6.88. The molecule has 0 fully saturated rings. The molecule has 0 radical (unpaired) electrons. The maximum absolute atomic E-state index is 12.3. The summed E-state index contributed by atoms with van der Waals surface area (Å²) in [7, 11) is -4.00. The Morgan fingerprint density at radius 3 is 2.83 bits per heavy atom. The minimum absolute atomic E-state index is 0.177. The largest absolute Gasteiger partial charge is 0.305 e. The molecular weight excluding hydrogens is 500 g/mol. The van der Waals surface area contributed by atoms with Crippen LogP contribution in [-0.2, 0) is 26.0 Å². The van der Waals surface area contributed by atoms with E-state index in [0.717, 1.165) is 26.0 Å². The van der Waals surface area contributed by atoms with Gasteiger partial charge in [-0.25, -0.2) is 13.4 Å². The first kappa shape index (κ1) is 21.4. The van der Waals surface area contributed by atoms with Crippen molar-refractivity contribution in [3.63, 3.8) is 0 Å². The first-order valence-electron chi connectivity index (χ1n) is 7.97. The second-order valence-corrected chi connectivity index (χ2v) is 10.6. The van der Waals surface area contributed by atoms with Crippen LogP contribution in [0.1, 0.15) is 0 Å². The third-order valence-electron chi connectivity index (χ3n) is 3.49. The van der Waals surface area contributed by atoms with Crippen LogP contribution in [0.5, 0.6) is 0 Å². The summed E-state index contributed by atoms with van der Waals surface area (Å²) in [5, 5.41) is 4.29. The van der Waals surface area contributed by atoms with E-state index in [2.05, 4.69) is 37.1 Å². The number of carbonyl (C=O) groups is 2. The van der Waals surface area contributed by atoms with Crippen LogP contribution < -0.4 is 10.1 Å². The van der Waals surface area contributed by atoms with E-state index in [1.165, 1.54) is 17.5 Å². The lowest BCUT2D eigenvalue weighted by molar-refractivity contribution is -0.115. The fourth-order valence-electron chi connectivity index (χ4n) is 2.39. The number of thiazole rings is 2. The van der Waals surface area contributed by atoms with Crippen molar-refractivity contribution in [2.24, 2.45) is 4.99 Å². The molecule has 0 unspecified atom stereocenters. The Labute approximate surface area is 182 Å². The van der Waals surface area contributed by atoms with Crippen LogP contribution >= 0.6 is 38.6 Å². The van der Waals surface area contributed by atoms with Crippen LogP contribution in [-0.4, -0.2) is 41.3 Å². The zero-order valence-corrected chi connectivity index (χ0v) is 18.7. The summed E-state index contributed by atoms with van der Waals surface area (Å²) < 4.78 is 27.7. The molecule has 0 atom stereocenters. The lowest BCUT2D eigenvalue weighted by Gasteiger charge is -2.02. The summed E-state index contributed by atoms with van der Waals surface area (Å²) in [6.45, 7) is 0.177. The van der Waals surface area contributed by atoms with Crippen molar-refractivity contribution in [2.45, 2.75) is 6.54 Å². The second kappa shape index (κ2) is 9.00. The smallest absolute Gasteiger partial charge is 0.263 e. The third-order valence-corrected chi connectivity index (χ3v) is 7.10. The maximum atomic E-state index is 12.3. The minimum Gasteiger partial charge on any atom is -0.305 e. The maximum Gasteiger partial charge on any atom is 0.263 e. The Bertz CT molecular complexity index is 1280. The van der Waals surface area contributed by atoms with Crippen molar-refractivity contribution in [3.05, 3.63) is 39.1 Å². The van der Waals surface area contributed by atoms with Crippen LogP contribution in [0.2, 0.25) is 0 Å². The highest BCUT2D eigenvalue weighted by atomic mass is 79.9. The van der Waals surface area contributed by atoms with Gasteiger partial charge in [0.15, 0.2) is 19.8 Å². The molecule has 0 aliphatic carbocycles. The monoisotopic (exact) mass is 512 g/mol. The van der Waals surface area contributed by atoms with Gasteiger partial charge in [-0.05, 0) is 18.2 Å². The number of halogens is 1. The average Bonchev–Trinajstić information content (AvgIpc) is 3.22. The van der Waals surface area contributed by atoms with Crippen LogP contribution in [0.4, 0.5) is 5.13 Å². The van der Waals surface area contributed by atoms with Gasteiger partial charge >= 0.3 is 0 Å². The molecule has 2 amide bonds. The fraction of sp³-hybridized carbons (Fsp3) is 0.176. The Balaban J connectivity index is 1.80. The van der Waals surface area contributed by atoms with Gasteiger partial charge < -0.3 is 9.88 Å². The normalized spacial score (nSPS) is 12.1. The standard InChI is InChI=1S/C17H13BrN4O4S3/c1-2-6-22-12-4-3-11(18)8-13(12)28-17(22)21-15(24)10-29(25,26)9-14(23)20-16-19-5-7-27-16/h1,3-5,7-8H,6,9-10H2,(H,19,20,23). The van der Waals surface area contributed by atoms with Gasteiger partial charge in [-0.15, -0.1) is 17.8 Å². The Kier molecular flexibility index (Phi) is 6.63. The quantitative estimate of drug-likeness (QED) is 0.508. The third kappa shape index (κ3) is 5.60. The molecular formula is C17H13BrN4O4S3. The fourth-order valence-corrected chi connectivity index (χ4v) is 5.55. The van der Waals surface area contributed by atoms with Crippen molar-refractivity contribution in [3.8, 4) is 12.3 Å². The van der Waals surface area contributed by atoms with Gasteiger partial charge in [-0.3, -0.25) is 9.59 Å². The van der Waals surface area contributed by atoms with Crippen molar-refractivity contribution in [1.82, 2.24) is 9.55 Å². The Morgan fingerprint density at radius 1 is 1.34 bits per heavy atom. The molecule has 0 saturated heterocycles. The van der Waals surface area contributed by atoms with Gasteiger partial charge in [0.1, 0.15) is 11.5 Å². The van der Waals surface area contributed by atoms with E-state index >= 15 is 0 Å². The Hall–Kier alpha value is -2.33. The van der Waals surface area contributed by atoms with E-state index in [9.17, 15) is 18.0 Å². The molecule has 1 N–H and O–H groups in total. The minimum atomic E-state index is -4.00. The summed E-state index contributed by atoms with van der Waals surface area (Å²) in [5.41, 5.74) is 0.786. The highest BCUT2D eigenvalue weighted by Gasteiger charge is 2.21. The van der Waals surface area contributed by atoms with E-state index in [1.807, 2.05) is 18.2 Å². The predicted octanol–water partition coefficient (Wildman–Crippen LogP) is 2.04. The highest BCUT2D eigenvalue weighted by Crippen LogP contribution is 2.22. The summed E-state index contributed by atoms with van der Waals surface area (Å²) in [5.74, 6) is -0.856. The van der Waals surface area contributed by atoms with Crippen LogP contribution in [0, 0.1) is 12.3 Å². The summed E-state index contributed by atoms with van der Waals surface area (Å²) in [6, 6.07) is 5.52. The SMILES string of the molecule is C#CCn1c(=NC(=O)CS(=O)(=O)CC(=O)Nc2nccs2)sc2cc(Br)ccc21. The molecule has 0 aliphatic heterocycles. The number of terminal acetylenes is 1. The summed E-state index contributed by atoms with van der Waals surface area (Å²) in [4.78, 5) is 32.2. The van der Waals surface area contributed by atoms with E-state index in [-0.39, 0.29) is 11.7 Å². The second-order valence-electron chi connectivity index (χ2n) is 5.71. The molecule has 2 heterocycles. The number of fused-ring (bicyclic) bond motifs is 1. The van der Waals surface area contributed by atoms with Gasteiger partial charge in [-0.2, -0.15) is 4.99 Å². The molecule has 150 valence electrons. The highest BCUT2D eigenvalue weighted by molar-refractivity contribution is 9.10. The lowest BCUT2D eigenvalue weighted by atomic mass is 10.3. The molecule has 12 heteroatoms. The topological polar surface area (TPSA) is 110 Å². The molecule has 3 aromatic rings. The first-order valence-corrected chi connectivity index (χ1v) is 12.3. The molecule has 0 aliphatic rings. The van der Waals surface area contributed by atoms with E-state index in [4.69, 9.17) is 6.42 Å². The van der Waals surface area contributed by atoms with Crippen molar-refractivity contribution in [2.75, 3.05) is 16.8 Å². The van der Waals surface area contributed by atoms with Crippen LogP contribution in [0.3, 0.4) is 0 Å². The number of anilines is 1. The zero-order valence-electron chi connectivity index (χ0n) is 14.7. The molecule has 0 bridgehead atoms. The lowest BCUT2D eigenvalue weighted by Crippen LogP contribution is -2.28. The first-order chi connectivity index (χ1) is 13.8. The number of aromatic nitrogens is 2.